The highest BCUT2D eigenvalue weighted by molar-refractivity contribution is 5.71. The molecule has 348 valence electrons. The first kappa shape index (κ1) is 57.4. The van der Waals surface area contributed by atoms with E-state index in [1.54, 1.807) is 0 Å². The van der Waals surface area contributed by atoms with Gasteiger partial charge in [-0.05, 0) is 70.6 Å². The Hall–Kier alpha value is -2.63. The molecule has 0 rings (SSSR count). The van der Waals surface area contributed by atoms with Crippen LogP contribution in [0.4, 0.5) is 0 Å². The number of carbonyl (C=O) groups excluding carboxylic acids is 3. The third-order valence-electron chi connectivity index (χ3n) is 11.1. The van der Waals surface area contributed by atoms with Crippen LogP contribution in [0.15, 0.2) is 48.6 Å². The second kappa shape index (κ2) is 49.0. The van der Waals surface area contributed by atoms with Gasteiger partial charge in [-0.15, -0.1) is 0 Å². The highest BCUT2D eigenvalue weighted by Crippen LogP contribution is 2.15. The molecule has 0 bridgehead atoms. The molecule has 0 aromatic heterocycles. The average Bonchev–Trinajstić information content (AvgIpc) is 3.24. The van der Waals surface area contributed by atoms with Crippen LogP contribution in [0.5, 0.6) is 0 Å². The molecule has 6 nitrogen and oxygen atoms in total. The number of allylic oxidation sites excluding steroid dienone is 8. The molecular weight excluding hydrogens is 745 g/mol. The normalized spacial score (nSPS) is 12.4. The van der Waals surface area contributed by atoms with E-state index in [0.29, 0.717) is 19.3 Å². The Labute approximate surface area is 371 Å². The maximum atomic E-state index is 12.8. The third kappa shape index (κ3) is 46.4. The average molecular weight is 841 g/mol. The molecule has 0 aromatic rings. The van der Waals surface area contributed by atoms with Gasteiger partial charge in [-0.3, -0.25) is 14.4 Å². The van der Waals surface area contributed by atoms with Gasteiger partial charge in [-0.1, -0.05) is 217 Å². The molecule has 0 aliphatic heterocycles. The van der Waals surface area contributed by atoms with Gasteiger partial charge in [0.15, 0.2) is 6.10 Å². The smallest absolute Gasteiger partial charge is 0.306 e. The molecule has 1 atom stereocenters. The fourth-order valence-electron chi connectivity index (χ4n) is 7.20. The Morgan fingerprint density at radius 3 is 1.00 bits per heavy atom. The van der Waals surface area contributed by atoms with Crippen molar-refractivity contribution in [2.75, 3.05) is 13.2 Å². The van der Waals surface area contributed by atoms with Crippen molar-refractivity contribution in [2.24, 2.45) is 0 Å². The molecule has 0 saturated heterocycles. The van der Waals surface area contributed by atoms with E-state index in [1.165, 1.54) is 128 Å². The van der Waals surface area contributed by atoms with Gasteiger partial charge in [0.1, 0.15) is 13.2 Å². The predicted molar refractivity (Wildman–Crippen MR) is 256 cm³/mol. The minimum Gasteiger partial charge on any atom is -0.462 e. The molecule has 0 spiro atoms. The van der Waals surface area contributed by atoms with Gasteiger partial charge in [0.05, 0.1) is 0 Å². The first-order chi connectivity index (χ1) is 29.5. The van der Waals surface area contributed by atoms with Gasteiger partial charge >= 0.3 is 17.9 Å². The number of esters is 3. The molecule has 0 amide bonds. The van der Waals surface area contributed by atoms with E-state index in [0.717, 1.165) is 89.9 Å². The summed E-state index contributed by atoms with van der Waals surface area (Å²) in [5.74, 6) is -0.905. The Balaban J connectivity index is 4.39. The molecule has 0 aliphatic rings. The van der Waals surface area contributed by atoms with Crippen LogP contribution in [-0.4, -0.2) is 37.2 Å². The predicted octanol–water partition coefficient (Wildman–Crippen LogP) is 16.7. The maximum Gasteiger partial charge on any atom is 0.306 e. The van der Waals surface area contributed by atoms with E-state index in [9.17, 15) is 14.4 Å². The van der Waals surface area contributed by atoms with Gasteiger partial charge in [0.2, 0.25) is 0 Å². The summed E-state index contributed by atoms with van der Waals surface area (Å²) in [6, 6.07) is 0. The lowest BCUT2D eigenvalue weighted by atomic mass is 10.0. The molecule has 0 fully saturated rings. The minimum absolute atomic E-state index is 0.0811. The second-order valence-electron chi connectivity index (χ2n) is 17.1. The molecule has 0 saturated carbocycles. The fraction of sp³-hybridized carbons (Fsp3) is 0.796. The molecule has 60 heavy (non-hydrogen) atoms. The van der Waals surface area contributed by atoms with Gasteiger partial charge in [0, 0.05) is 19.3 Å². The summed E-state index contributed by atoms with van der Waals surface area (Å²) in [6.45, 7) is 6.58. The zero-order valence-corrected chi connectivity index (χ0v) is 39.7. The molecule has 1 unspecified atom stereocenters. The first-order valence-electron chi connectivity index (χ1n) is 25.7. The Morgan fingerprint density at radius 2 is 0.617 bits per heavy atom. The first-order valence-corrected chi connectivity index (χ1v) is 25.7. The lowest BCUT2D eigenvalue weighted by molar-refractivity contribution is -0.167. The summed E-state index contributed by atoms with van der Waals surface area (Å²) in [6.07, 6.45) is 58.0. The van der Waals surface area contributed by atoms with E-state index < -0.39 is 6.10 Å². The van der Waals surface area contributed by atoms with E-state index in [1.807, 2.05) is 0 Å². The lowest BCUT2D eigenvalue weighted by Crippen LogP contribution is -2.30. The van der Waals surface area contributed by atoms with Crippen LogP contribution in [0.3, 0.4) is 0 Å². The minimum atomic E-state index is -0.782. The summed E-state index contributed by atoms with van der Waals surface area (Å²) >= 11 is 0. The Bertz CT molecular complexity index is 1060. The topological polar surface area (TPSA) is 78.9 Å². The van der Waals surface area contributed by atoms with E-state index in [4.69, 9.17) is 14.2 Å². The van der Waals surface area contributed by atoms with E-state index in [-0.39, 0.29) is 31.1 Å². The van der Waals surface area contributed by atoms with Crippen molar-refractivity contribution in [3.63, 3.8) is 0 Å². The molecule has 0 N–H and O–H groups in total. The maximum absolute atomic E-state index is 12.8. The zero-order chi connectivity index (χ0) is 43.7. The van der Waals surface area contributed by atoms with Crippen LogP contribution < -0.4 is 0 Å². The van der Waals surface area contributed by atoms with Crippen LogP contribution in [0.25, 0.3) is 0 Å². The SMILES string of the molecule is CCCCC/C=C\CCCCCCCC(=O)OC(COC(=O)CCCCCCC\C=C/C=C\C=C/CCCCCCC)COC(=O)CCCCCCCCCCCCCC. The standard InChI is InChI=1S/C54H96O6/c1-4-7-10-13-16-19-22-25-26-27-28-29-30-33-35-38-41-44-47-53(56)59-50-51(60-54(57)48-45-42-39-36-32-24-21-18-15-12-9-6-3)49-58-52(55)46-43-40-37-34-31-23-20-17-14-11-8-5-2/h18,21-22,25-29,51H,4-17,19-20,23-24,30-50H2,1-3H3/b21-18-,25-22-,27-26-,29-28-. The highest BCUT2D eigenvalue weighted by Gasteiger charge is 2.19. The number of carbonyl (C=O) groups is 3. The number of ether oxygens (including phenoxy) is 3. The summed E-state index contributed by atoms with van der Waals surface area (Å²) in [5, 5.41) is 0. The molecule has 0 heterocycles. The second-order valence-corrected chi connectivity index (χ2v) is 17.1. The van der Waals surface area contributed by atoms with Crippen LogP contribution >= 0.6 is 0 Å². The van der Waals surface area contributed by atoms with Crippen molar-refractivity contribution in [1.82, 2.24) is 0 Å². The van der Waals surface area contributed by atoms with Crippen LogP contribution in [-0.2, 0) is 28.6 Å². The van der Waals surface area contributed by atoms with Crippen molar-refractivity contribution in [1.29, 1.82) is 0 Å². The van der Waals surface area contributed by atoms with E-state index >= 15 is 0 Å². The molecule has 0 aliphatic carbocycles. The Kier molecular flexibility index (Phi) is 46.9. The van der Waals surface area contributed by atoms with Gasteiger partial charge in [-0.25, -0.2) is 0 Å². The molecule has 6 heteroatoms. The van der Waals surface area contributed by atoms with Crippen LogP contribution in [0.2, 0.25) is 0 Å². The van der Waals surface area contributed by atoms with Gasteiger partial charge in [0.25, 0.3) is 0 Å². The van der Waals surface area contributed by atoms with Crippen molar-refractivity contribution >= 4 is 17.9 Å². The highest BCUT2D eigenvalue weighted by atomic mass is 16.6. The number of rotatable bonds is 46. The fourth-order valence-corrected chi connectivity index (χ4v) is 7.20. The largest absolute Gasteiger partial charge is 0.462 e. The zero-order valence-electron chi connectivity index (χ0n) is 39.7. The Morgan fingerprint density at radius 1 is 0.333 bits per heavy atom. The number of hydrogen-bond acceptors (Lipinski definition) is 6. The van der Waals surface area contributed by atoms with Gasteiger partial charge < -0.3 is 14.2 Å². The van der Waals surface area contributed by atoms with Crippen molar-refractivity contribution in [2.45, 2.75) is 264 Å². The third-order valence-corrected chi connectivity index (χ3v) is 11.1. The summed E-state index contributed by atoms with van der Waals surface area (Å²) < 4.78 is 16.8. The summed E-state index contributed by atoms with van der Waals surface area (Å²) in [7, 11) is 0. The van der Waals surface area contributed by atoms with Crippen LogP contribution in [0, 0.1) is 0 Å². The van der Waals surface area contributed by atoms with Crippen LogP contribution in [0.1, 0.15) is 258 Å². The number of unbranched alkanes of at least 4 members (excludes halogenated alkanes) is 29. The summed E-state index contributed by atoms with van der Waals surface area (Å²) in [4.78, 5) is 37.9. The van der Waals surface area contributed by atoms with Crippen molar-refractivity contribution in [3.8, 4) is 0 Å². The molecular formula is C54H96O6. The molecule has 0 radical (unpaired) electrons. The van der Waals surface area contributed by atoms with E-state index in [2.05, 4.69) is 69.4 Å². The van der Waals surface area contributed by atoms with Crippen molar-refractivity contribution in [3.05, 3.63) is 48.6 Å². The molecule has 0 aromatic carbocycles. The van der Waals surface area contributed by atoms with Gasteiger partial charge in [-0.2, -0.15) is 0 Å². The summed E-state index contributed by atoms with van der Waals surface area (Å²) in [5.41, 5.74) is 0. The quantitative estimate of drug-likeness (QED) is 0.0200. The monoisotopic (exact) mass is 841 g/mol. The number of hydrogen-bond donors (Lipinski definition) is 0. The lowest BCUT2D eigenvalue weighted by Gasteiger charge is -2.18. The van der Waals surface area contributed by atoms with Crippen molar-refractivity contribution < 1.29 is 28.6 Å².